The van der Waals surface area contributed by atoms with Crippen molar-refractivity contribution in [3.63, 3.8) is 0 Å². The second kappa shape index (κ2) is 21.4. The van der Waals surface area contributed by atoms with Crippen molar-refractivity contribution in [1.29, 1.82) is 0 Å². The van der Waals surface area contributed by atoms with Crippen LogP contribution in [0.2, 0.25) is 0 Å². The van der Waals surface area contributed by atoms with E-state index >= 15 is 4.39 Å². The number of alkyl halides is 1. The van der Waals surface area contributed by atoms with Crippen LogP contribution in [0.4, 0.5) is 10.1 Å². The Hall–Kier alpha value is -5.96. The molecule has 0 saturated carbocycles. The summed E-state index contributed by atoms with van der Waals surface area (Å²) in [6, 6.07) is 1.22. The number of carbonyl (C=O) groups excluding carboxylic acids is 3. The van der Waals surface area contributed by atoms with E-state index in [2.05, 4.69) is 15.5 Å². The third kappa shape index (κ3) is 10.8. The molecule has 1 fully saturated rings. The lowest BCUT2D eigenvalue weighted by atomic mass is 9.78. The Morgan fingerprint density at radius 2 is 1.74 bits per heavy atom. The fraction of sp³-hybridized carbons (Fsp3) is 0.500. The smallest absolute Gasteiger partial charge is 0.476 e. The summed E-state index contributed by atoms with van der Waals surface area (Å²) in [7, 11) is 1.35. The summed E-state index contributed by atoms with van der Waals surface area (Å²) in [6.07, 6.45) is 2.48. The number of aliphatic hydroxyl groups is 2. The monoisotopic (exact) mass is 960 g/mol. The molecule has 5 aliphatic rings. The molecular weight excluding hydrogens is 900 g/mol. The molecule has 19 heteroatoms. The first-order chi connectivity index (χ1) is 32.9. The van der Waals surface area contributed by atoms with Gasteiger partial charge < -0.3 is 58.8 Å². The number of amides is 1. The molecule has 4 aliphatic heterocycles. The number of halogens is 1. The number of nitrogens with one attached hydrogen (secondary N) is 2. The lowest BCUT2D eigenvalue weighted by Gasteiger charge is -2.38. The Kier molecular flexibility index (Phi) is 15.8. The molecular formula is C50H61FN4O14. The fourth-order valence-electron chi connectivity index (χ4n) is 8.79. The molecule has 5 N–H and O–H groups in total. The number of hydrogen-bond acceptors (Lipinski definition) is 17. The predicted octanol–water partition coefficient (Wildman–Crippen LogP) is 5.16. The van der Waals surface area contributed by atoms with Crippen molar-refractivity contribution in [3.8, 4) is 28.7 Å². The van der Waals surface area contributed by atoms with Gasteiger partial charge in [-0.1, -0.05) is 45.9 Å². The number of nitrogens with zero attached hydrogens (tertiary/aromatic N) is 2. The van der Waals surface area contributed by atoms with Gasteiger partial charge in [-0.05, 0) is 32.1 Å². The quantitative estimate of drug-likeness (QED) is 0.0406. The number of allylic oxidation sites excluding steroid dienone is 2. The Balaban J connectivity index is 1.31. The molecule has 69 heavy (non-hydrogen) atoms. The molecule has 0 unspecified atom stereocenters. The average molecular weight is 961 g/mol. The van der Waals surface area contributed by atoms with Crippen LogP contribution in [0.25, 0.3) is 33.3 Å². The minimum atomic E-state index is -3.55. The summed E-state index contributed by atoms with van der Waals surface area (Å²) in [5.74, 6) is -6.62. The molecule has 0 aromatic heterocycles. The van der Waals surface area contributed by atoms with E-state index < -0.39 is 105 Å². The third-order valence-electron chi connectivity index (χ3n) is 13.1. The highest BCUT2D eigenvalue weighted by atomic mass is 19.2. The molecule has 372 valence electrons. The standard InChI is InChI=1S/C50H61FN4O14/c1-25-10-9-11-26(2)49(62)54-40-44(60)37-36(39-47(40)68-35-24-32(12-13-33(35)53-39)65-22-16-52-15-21-64-23-19-55-17-18-55)38-46(30(6)43(37)59)69-50(51,48(38)61)66-20-14-34(63-8)27(3)45(67-31(7)56)29(5)42(58)28(4)41(25)57/h9-14,20,24-25,27-29,34,41-42,45,52,57-59H,15-19,21-23H2,1-8H3,(H,54,62)/b10-9+,20-14+,26-11-/t25-,27+,28+,29+,34-,41-,42+,45+,50+/m0/s1. The van der Waals surface area contributed by atoms with Crippen LogP contribution in [-0.4, -0.2) is 133 Å². The SMILES string of the molecule is CO[C@H]1/C=C/O[C@@]2(F)Oc3c(C)c(O)c4c(=O)c(c5oc6cc(OCCNCCOCCN7CC7)ccc6nc-5c4c3C2=O)NC(=O)/C(C)=C\C=C\[C@H](C)[C@H](O)[C@@H](C)[C@@H](O)[C@@H](C)[C@H](OC(C)=O)[C@@H]1C. The molecule has 2 aromatic rings. The lowest BCUT2D eigenvalue weighted by molar-refractivity contribution is -0.192. The van der Waals surface area contributed by atoms with E-state index in [1.807, 2.05) is 0 Å². The summed E-state index contributed by atoms with van der Waals surface area (Å²) in [4.78, 5) is 62.5. The number of benzene rings is 3. The van der Waals surface area contributed by atoms with E-state index in [-0.39, 0.29) is 45.7 Å². The van der Waals surface area contributed by atoms with Crippen LogP contribution >= 0.6 is 0 Å². The van der Waals surface area contributed by atoms with Crippen LogP contribution in [0.5, 0.6) is 17.2 Å². The molecule has 9 atom stereocenters. The minimum absolute atomic E-state index is 0.105. The van der Waals surface area contributed by atoms with Crippen LogP contribution in [0.1, 0.15) is 57.5 Å². The minimum Gasteiger partial charge on any atom is -0.507 e. The molecule has 0 spiro atoms. The van der Waals surface area contributed by atoms with Crippen LogP contribution in [0, 0.1) is 30.6 Å². The van der Waals surface area contributed by atoms with Crippen molar-refractivity contribution < 1.29 is 66.9 Å². The second-order valence-electron chi connectivity index (χ2n) is 18.0. The van der Waals surface area contributed by atoms with Crippen molar-refractivity contribution in [3.05, 3.63) is 75.7 Å². The molecule has 18 nitrogen and oxygen atoms in total. The van der Waals surface area contributed by atoms with Gasteiger partial charge in [-0.3, -0.25) is 24.1 Å². The van der Waals surface area contributed by atoms with E-state index in [0.29, 0.717) is 32.1 Å². The van der Waals surface area contributed by atoms with Crippen molar-refractivity contribution in [2.24, 2.45) is 23.7 Å². The summed E-state index contributed by atoms with van der Waals surface area (Å²) in [5.41, 5.74) is -1.84. The zero-order chi connectivity index (χ0) is 49.9. The van der Waals surface area contributed by atoms with E-state index in [0.717, 1.165) is 25.9 Å². The van der Waals surface area contributed by atoms with Crippen LogP contribution < -0.4 is 25.5 Å². The topological polar surface area (TPSA) is 237 Å². The fourth-order valence-corrected chi connectivity index (χ4v) is 8.79. The average Bonchev–Trinajstić information content (AvgIpc) is 4.12. The van der Waals surface area contributed by atoms with Crippen LogP contribution in [0.15, 0.2) is 63.6 Å². The predicted molar refractivity (Wildman–Crippen MR) is 252 cm³/mol. The first-order valence-electron chi connectivity index (χ1n) is 23.1. The lowest BCUT2D eigenvalue weighted by Crippen LogP contribution is -2.46. The van der Waals surface area contributed by atoms with Crippen molar-refractivity contribution in [1.82, 2.24) is 15.2 Å². The number of hydrogen-bond donors (Lipinski definition) is 5. The number of phenolic OH excluding ortho intramolecular Hbond substituents is 1. The number of anilines is 1. The molecule has 1 saturated heterocycles. The largest absolute Gasteiger partial charge is 0.507 e. The molecule has 2 aromatic carbocycles. The van der Waals surface area contributed by atoms with Crippen molar-refractivity contribution in [2.45, 2.75) is 78.9 Å². The van der Waals surface area contributed by atoms with Gasteiger partial charge >= 0.3 is 12.0 Å². The number of ether oxygens (including phenoxy) is 6. The van der Waals surface area contributed by atoms with Gasteiger partial charge in [0, 0.05) is 93.0 Å². The molecule has 1 aliphatic carbocycles. The van der Waals surface area contributed by atoms with Gasteiger partial charge in [-0.25, -0.2) is 4.98 Å². The number of carbonyl (C=O) groups is 3. The van der Waals surface area contributed by atoms with E-state index in [1.165, 1.54) is 40.0 Å². The maximum Gasteiger partial charge on any atom is 0.476 e. The van der Waals surface area contributed by atoms with Gasteiger partial charge in [0.1, 0.15) is 46.9 Å². The van der Waals surface area contributed by atoms with Crippen LogP contribution in [-0.2, 0) is 28.5 Å². The molecule has 4 heterocycles. The molecule has 7 rings (SSSR count). The van der Waals surface area contributed by atoms with Crippen LogP contribution in [0.3, 0.4) is 0 Å². The van der Waals surface area contributed by atoms with Crippen molar-refractivity contribution in [2.75, 3.05) is 65.0 Å². The highest BCUT2D eigenvalue weighted by molar-refractivity contribution is 6.22. The Labute approximate surface area is 398 Å². The normalized spacial score (nSPS) is 28.5. The van der Waals surface area contributed by atoms with Gasteiger partial charge in [0.2, 0.25) is 5.43 Å². The number of rotatable bonds is 12. The van der Waals surface area contributed by atoms with E-state index in [1.54, 1.807) is 58.0 Å². The summed E-state index contributed by atoms with van der Waals surface area (Å²) in [6.45, 7) is 16.5. The van der Waals surface area contributed by atoms with Gasteiger partial charge in [-0.2, -0.15) is 0 Å². The van der Waals surface area contributed by atoms with Gasteiger partial charge in [0.15, 0.2) is 11.3 Å². The number of esters is 1. The first kappa shape index (κ1) is 50.9. The number of fused-ring (bicyclic) bond motifs is 2. The third-order valence-corrected chi connectivity index (χ3v) is 13.1. The van der Waals surface area contributed by atoms with E-state index in [4.69, 9.17) is 37.8 Å². The number of phenols is 1. The highest BCUT2D eigenvalue weighted by Gasteiger charge is 2.55. The zero-order valence-electron chi connectivity index (χ0n) is 40.0. The molecule has 0 radical (unpaired) electrons. The number of aromatic nitrogens is 1. The number of Topliss-reactive ketones (excluding diaryl/α,β-unsaturated/α-hetero) is 1. The number of ketones is 1. The number of methoxy groups -OCH3 is 1. The summed E-state index contributed by atoms with van der Waals surface area (Å²) >= 11 is 0. The summed E-state index contributed by atoms with van der Waals surface area (Å²) in [5, 5.41) is 39.7. The molecule has 1 amide bonds. The van der Waals surface area contributed by atoms with Gasteiger partial charge in [0.25, 0.3) is 11.7 Å². The van der Waals surface area contributed by atoms with E-state index in [9.17, 15) is 34.5 Å². The number of aliphatic hydroxyl groups excluding tert-OH is 2. The highest BCUT2D eigenvalue weighted by Crippen LogP contribution is 2.51. The Bertz CT molecular complexity index is 2700. The maximum absolute atomic E-state index is 17.0. The Morgan fingerprint density at radius 1 is 1.00 bits per heavy atom. The zero-order valence-corrected chi connectivity index (χ0v) is 40.0. The van der Waals surface area contributed by atoms with Gasteiger partial charge in [0.05, 0.1) is 48.7 Å². The second-order valence-corrected chi connectivity index (χ2v) is 18.0. The number of aromatic hydroxyl groups is 1. The molecule has 4 bridgehead atoms. The van der Waals surface area contributed by atoms with Gasteiger partial charge in [-0.15, -0.1) is 4.39 Å². The first-order valence-corrected chi connectivity index (χ1v) is 23.1. The summed E-state index contributed by atoms with van der Waals surface area (Å²) < 4.78 is 57.4. The Morgan fingerprint density at radius 3 is 2.45 bits per heavy atom. The van der Waals surface area contributed by atoms with Crippen molar-refractivity contribution >= 4 is 45.2 Å². The maximum atomic E-state index is 17.0.